The maximum Gasteiger partial charge on any atom is 0.223 e. The van der Waals surface area contributed by atoms with Crippen molar-refractivity contribution in [2.45, 2.75) is 13.8 Å². The number of para-hydroxylation sites is 2. The summed E-state index contributed by atoms with van der Waals surface area (Å²) in [6.45, 7) is 2.92. The highest BCUT2D eigenvalue weighted by Crippen LogP contribution is 2.12. The average molecular weight is 248 g/mol. The largest absolute Gasteiger partial charge is 0.359 e. The maximum atomic E-state index is 10.7. The highest BCUT2D eigenvalue weighted by molar-refractivity contribution is 5.89. The standard InChI is InChI=1S/C9H9N3O.C3H7NO/c1-6(13)10-9-11-7-4-2-3-5-8(7)12-9;1-3(5)4-2/h2-5H,1H3,(H2,10,11,12,13);1-2H3,(H,4,5). The molecule has 6 heteroatoms. The smallest absolute Gasteiger partial charge is 0.223 e. The number of benzene rings is 1. The Hall–Kier alpha value is -2.37. The third-order valence-electron chi connectivity index (χ3n) is 2.04. The monoisotopic (exact) mass is 248 g/mol. The van der Waals surface area contributed by atoms with E-state index >= 15 is 0 Å². The number of hydrogen-bond acceptors (Lipinski definition) is 3. The zero-order valence-electron chi connectivity index (χ0n) is 10.6. The van der Waals surface area contributed by atoms with Gasteiger partial charge in [0, 0.05) is 20.9 Å². The number of hydrogen-bond donors (Lipinski definition) is 3. The van der Waals surface area contributed by atoms with Crippen molar-refractivity contribution in [3.8, 4) is 0 Å². The third-order valence-corrected chi connectivity index (χ3v) is 2.04. The highest BCUT2D eigenvalue weighted by Gasteiger charge is 2.01. The van der Waals surface area contributed by atoms with Gasteiger partial charge in [-0.25, -0.2) is 4.98 Å². The zero-order valence-corrected chi connectivity index (χ0v) is 10.6. The predicted octanol–water partition coefficient (Wildman–Crippen LogP) is 1.27. The molecule has 1 aromatic carbocycles. The van der Waals surface area contributed by atoms with Crippen molar-refractivity contribution in [2.24, 2.45) is 0 Å². The number of fused-ring (bicyclic) bond motifs is 1. The van der Waals surface area contributed by atoms with Crippen LogP contribution in [-0.2, 0) is 9.59 Å². The molecule has 6 nitrogen and oxygen atoms in total. The van der Waals surface area contributed by atoms with Crippen LogP contribution in [0.4, 0.5) is 5.95 Å². The molecule has 3 N–H and O–H groups in total. The van der Waals surface area contributed by atoms with E-state index in [0.29, 0.717) is 5.95 Å². The van der Waals surface area contributed by atoms with Gasteiger partial charge in [0.1, 0.15) is 0 Å². The molecule has 2 amide bonds. The molecule has 0 saturated heterocycles. The molecule has 0 spiro atoms. The molecule has 0 fully saturated rings. The fourth-order valence-corrected chi connectivity index (χ4v) is 1.18. The van der Waals surface area contributed by atoms with Gasteiger partial charge >= 0.3 is 0 Å². The minimum absolute atomic E-state index is 0.00463. The zero-order chi connectivity index (χ0) is 13.5. The Morgan fingerprint density at radius 3 is 2.28 bits per heavy atom. The molecule has 0 saturated carbocycles. The Balaban J connectivity index is 0.000000280. The van der Waals surface area contributed by atoms with Crippen molar-refractivity contribution in [2.75, 3.05) is 12.4 Å². The first kappa shape index (κ1) is 13.7. The van der Waals surface area contributed by atoms with Crippen molar-refractivity contribution in [1.29, 1.82) is 0 Å². The molecular weight excluding hydrogens is 232 g/mol. The molecule has 0 unspecified atom stereocenters. The van der Waals surface area contributed by atoms with Crippen LogP contribution in [0.1, 0.15) is 13.8 Å². The lowest BCUT2D eigenvalue weighted by atomic mass is 10.3. The first-order valence-corrected chi connectivity index (χ1v) is 5.43. The SMILES string of the molecule is CC(=O)Nc1nc2ccccc2[nH]1.CNC(C)=O. The number of anilines is 1. The molecule has 0 aliphatic heterocycles. The third kappa shape index (κ3) is 4.25. The predicted molar refractivity (Wildman–Crippen MR) is 70.1 cm³/mol. The second-order valence-corrected chi connectivity index (χ2v) is 3.59. The molecule has 0 atom stereocenters. The molecular formula is C12H16N4O2. The van der Waals surface area contributed by atoms with Crippen LogP contribution >= 0.6 is 0 Å². The number of H-pyrrole nitrogens is 1. The van der Waals surface area contributed by atoms with Gasteiger partial charge in [0.2, 0.25) is 17.8 Å². The van der Waals surface area contributed by atoms with Crippen LogP contribution in [0.15, 0.2) is 24.3 Å². The van der Waals surface area contributed by atoms with Crippen LogP contribution in [0, 0.1) is 0 Å². The van der Waals surface area contributed by atoms with Gasteiger partial charge in [-0.2, -0.15) is 0 Å². The first-order chi connectivity index (χ1) is 8.52. The average Bonchev–Trinajstić information content (AvgIpc) is 2.70. The summed E-state index contributed by atoms with van der Waals surface area (Å²) in [7, 11) is 1.60. The molecule has 0 radical (unpaired) electrons. The quantitative estimate of drug-likeness (QED) is 0.710. The summed E-state index contributed by atoms with van der Waals surface area (Å²) >= 11 is 0. The van der Waals surface area contributed by atoms with Gasteiger partial charge in [0.25, 0.3) is 0 Å². The normalized spacial score (nSPS) is 9.28. The number of imidazole rings is 1. The lowest BCUT2D eigenvalue weighted by Gasteiger charge is -1.92. The van der Waals surface area contributed by atoms with Crippen LogP contribution in [0.25, 0.3) is 11.0 Å². The molecule has 2 aromatic rings. The molecule has 1 aromatic heterocycles. The van der Waals surface area contributed by atoms with E-state index in [1.54, 1.807) is 7.05 Å². The number of carbonyl (C=O) groups is 2. The lowest BCUT2D eigenvalue weighted by Crippen LogP contribution is -2.11. The van der Waals surface area contributed by atoms with Gasteiger partial charge in [-0.3, -0.25) is 14.9 Å². The van der Waals surface area contributed by atoms with E-state index in [1.165, 1.54) is 13.8 Å². The summed E-state index contributed by atoms with van der Waals surface area (Å²) in [5, 5.41) is 4.98. The maximum absolute atomic E-state index is 10.7. The number of rotatable bonds is 1. The van der Waals surface area contributed by atoms with E-state index in [9.17, 15) is 9.59 Å². The summed E-state index contributed by atoms with van der Waals surface area (Å²) in [5.74, 6) is 0.373. The van der Waals surface area contributed by atoms with Crippen molar-refractivity contribution in [3.05, 3.63) is 24.3 Å². The Labute approximate surface area is 105 Å². The number of aromatic amines is 1. The van der Waals surface area contributed by atoms with Gasteiger partial charge < -0.3 is 10.3 Å². The summed E-state index contributed by atoms with van der Waals surface area (Å²) in [4.78, 5) is 27.6. The molecule has 96 valence electrons. The van der Waals surface area contributed by atoms with Gasteiger partial charge in [-0.1, -0.05) is 12.1 Å². The molecule has 18 heavy (non-hydrogen) atoms. The van der Waals surface area contributed by atoms with Crippen LogP contribution in [-0.4, -0.2) is 28.8 Å². The Morgan fingerprint density at radius 2 is 1.78 bits per heavy atom. The Morgan fingerprint density at radius 1 is 1.17 bits per heavy atom. The number of nitrogens with zero attached hydrogens (tertiary/aromatic N) is 1. The van der Waals surface area contributed by atoms with E-state index in [1.807, 2.05) is 24.3 Å². The van der Waals surface area contributed by atoms with E-state index < -0.39 is 0 Å². The molecule has 0 aliphatic carbocycles. The number of carbonyl (C=O) groups excluding carboxylic acids is 2. The van der Waals surface area contributed by atoms with E-state index in [0.717, 1.165) is 11.0 Å². The van der Waals surface area contributed by atoms with Gasteiger partial charge in [0.15, 0.2) is 0 Å². The number of aromatic nitrogens is 2. The van der Waals surface area contributed by atoms with E-state index in [4.69, 9.17) is 0 Å². The number of amides is 2. The summed E-state index contributed by atoms with van der Waals surface area (Å²) in [6, 6.07) is 7.61. The summed E-state index contributed by atoms with van der Waals surface area (Å²) < 4.78 is 0. The van der Waals surface area contributed by atoms with Crippen molar-refractivity contribution in [1.82, 2.24) is 15.3 Å². The minimum Gasteiger partial charge on any atom is -0.359 e. The molecule has 0 aliphatic rings. The fraction of sp³-hybridized carbons (Fsp3) is 0.250. The van der Waals surface area contributed by atoms with E-state index in [-0.39, 0.29) is 11.8 Å². The lowest BCUT2D eigenvalue weighted by molar-refractivity contribution is -0.118. The molecule has 2 rings (SSSR count). The second-order valence-electron chi connectivity index (χ2n) is 3.59. The Kier molecular flexibility index (Phi) is 4.86. The molecule has 1 heterocycles. The fourth-order valence-electron chi connectivity index (χ4n) is 1.18. The van der Waals surface area contributed by atoms with Crippen molar-refractivity contribution >= 4 is 28.8 Å². The van der Waals surface area contributed by atoms with Gasteiger partial charge in [0.05, 0.1) is 11.0 Å². The first-order valence-electron chi connectivity index (χ1n) is 5.43. The Bertz CT molecular complexity index is 515. The van der Waals surface area contributed by atoms with Crippen molar-refractivity contribution in [3.63, 3.8) is 0 Å². The molecule has 0 bridgehead atoms. The van der Waals surface area contributed by atoms with Crippen LogP contribution < -0.4 is 10.6 Å². The van der Waals surface area contributed by atoms with Crippen LogP contribution in [0.5, 0.6) is 0 Å². The second kappa shape index (κ2) is 6.39. The summed E-state index contributed by atoms with van der Waals surface area (Å²) in [5.41, 5.74) is 1.78. The van der Waals surface area contributed by atoms with Gasteiger partial charge in [-0.05, 0) is 12.1 Å². The van der Waals surface area contributed by atoms with Gasteiger partial charge in [-0.15, -0.1) is 0 Å². The van der Waals surface area contributed by atoms with Crippen LogP contribution in [0.3, 0.4) is 0 Å². The van der Waals surface area contributed by atoms with E-state index in [2.05, 4.69) is 20.6 Å². The minimum atomic E-state index is -0.126. The van der Waals surface area contributed by atoms with Crippen molar-refractivity contribution < 1.29 is 9.59 Å². The topological polar surface area (TPSA) is 86.9 Å². The number of nitrogens with one attached hydrogen (secondary N) is 3. The summed E-state index contributed by atoms with van der Waals surface area (Å²) in [6.07, 6.45) is 0. The highest BCUT2D eigenvalue weighted by atomic mass is 16.2. The van der Waals surface area contributed by atoms with Crippen LogP contribution in [0.2, 0.25) is 0 Å².